The SMILES string of the molecule is CCCCCCCCCCCCCCC#C[B]C#CCCCCCCCCCCCCCC. The normalized spacial score (nSPS) is 10.4. The van der Waals surface area contributed by atoms with Gasteiger partial charge in [0.15, 0.2) is 0 Å². The second-order valence-electron chi connectivity index (χ2n) is 10.1. The molecule has 0 saturated heterocycles. The van der Waals surface area contributed by atoms with Gasteiger partial charge in [-0.15, -0.1) is 23.5 Å². The van der Waals surface area contributed by atoms with Gasteiger partial charge in [-0.3, -0.25) is 0 Å². The van der Waals surface area contributed by atoms with E-state index in [9.17, 15) is 0 Å². The van der Waals surface area contributed by atoms with Crippen LogP contribution in [0.5, 0.6) is 0 Å². The lowest BCUT2D eigenvalue weighted by Crippen LogP contribution is -1.83. The zero-order valence-electron chi connectivity index (χ0n) is 23.0. The lowest BCUT2D eigenvalue weighted by Gasteiger charge is -2.01. The van der Waals surface area contributed by atoms with Crippen molar-refractivity contribution in [2.24, 2.45) is 0 Å². The van der Waals surface area contributed by atoms with Crippen molar-refractivity contribution in [1.29, 1.82) is 0 Å². The zero-order chi connectivity index (χ0) is 23.9. The van der Waals surface area contributed by atoms with Gasteiger partial charge >= 0.3 is 7.28 Å². The first kappa shape index (κ1) is 32.2. The molecule has 0 aromatic rings. The Labute approximate surface area is 211 Å². The molecule has 0 aromatic carbocycles. The van der Waals surface area contributed by atoms with E-state index in [1.165, 1.54) is 154 Å². The van der Waals surface area contributed by atoms with Crippen molar-refractivity contribution in [2.45, 2.75) is 181 Å². The second kappa shape index (κ2) is 31.2. The highest BCUT2D eigenvalue weighted by molar-refractivity contribution is 6.55. The summed E-state index contributed by atoms with van der Waals surface area (Å²) < 4.78 is 0. The minimum atomic E-state index is 1.04. The van der Waals surface area contributed by atoms with Crippen molar-refractivity contribution >= 4 is 7.28 Å². The molecule has 0 aliphatic heterocycles. The first-order chi connectivity index (χ1) is 16.4. The summed E-state index contributed by atoms with van der Waals surface area (Å²) >= 11 is 0. The van der Waals surface area contributed by atoms with E-state index in [-0.39, 0.29) is 0 Å². The Balaban J connectivity index is 3.20. The molecule has 0 saturated carbocycles. The van der Waals surface area contributed by atoms with Gasteiger partial charge in [-0.05, 0) is 12.8 Å². The Morgan fingerprint density at radius 3 is 0.848 bits per heavy atom. The maximum absolute atomic E-state index is 3.26. The smallest absolute Gasteiger partial charge is 0.144 e. The molecule has 0 nitrogen and oxygen atoms in total. The maximum Gasteiger partial charge on any atom is 0.314 e. The van der Waals surface area contributed by atoms with Crippen molar-refractivity contribution < 1.29 is 0 Å². The fraction of sp³-hybridized carbons (Fsp3) is 0.875. The van der Waals surface area contributed by atoms with Crippen molar-refractivity contribution in [3.63, 3.8) is 0 Å². The molecule has 0 N–H and O–H groups in total. The van der Waals surface area contributed by atoms with Crippen LogP contribution in [0.1, 0.15) is 181 Å². The van der Waals surface area contributed by atoms with Gasteiger partial charge in [-0.1, -0.05) is 155 Å². The highest BCUT2D eigenvalue weighted by atomic mass is 14.0. The van der Waals surface area contributed by atoms with E-state index in [1.54, 1.807) is 0 Å². The van der Waals surface area contributed by atoms with Crippen LogP contribution in [0.15, 0.2) is 0 Å². The lowest BCUT2D eigenvalue weighted by atomic mass is 9.81. The minimum Gasteiger partial charge on any atom is -0.144 e. The van der Waals surface area contributed by atoms with Gasteiger partial charge in [0.1, 0.15) is 0 Å². The lowest BCUT2D eigenvalue weighted by molar-refractivity contribution is 0.545. The number of unbranched alkanes of at least 4 members (excludes halogenated alkanes) is 24. The first-order valence-electron chi connectivity index (χ1n) is 15.2. The molecular weight excluding hydrogens is 395 g/mol. The van der Waals surface area contributed by atoms with Crippen molar-refractivity contribution in [3.05, 3.63) is 0 Å². The quantitative estimate of drug-likeness (QED) is 0.0774. The van der Waals surface area contributed by atoms with Gasteiger partial charge in [-0.2, -0.15) is 0 Å². The van der Waals surface area contributed by atoms with Crippen LogP contribution in [-0.2, 0) is 0 Å². The molecule has 0 heterocycles. The topological polar surface area (TPSA) is 0 Å². The summed E-state index contributed by atoms with van der Waals surface area (Å²) in [4.78, 5) is 0. The Morgan fingerprint density at radius 2 is 0.576 bits per heavy atom. The van der Waals surface area contributed by atoms with Gasteiger partial charge in [-0.25, -0.2) is 0 Å². The third-order valence-corrected chi connectivity index (χ3v) is 6.66. The van der Waals surface area contributed by atoms with Crippen molar-refractivity contribution in [1.82, 2.24) is 0 Å². The van der Waals surface area contributed by atoms with E-state index >= 15 is 0 Å². The molecule has 0 bridgehead atoms. The molecule has 0 aliphatic carbocycles. The maximum atomic E-state index is 3.26. The van der Waals surface area contributed by atoms with Crippen molar-refractivity contribution in [3.8, 4) is 23.5 Å². The summed E-state index contributed by atoms with van der Waals surface area (Å²) in [7, 11) is 1.86. The molecule has 1 heteroatoms. The summed E-state index contributed by atoms with van der Waals surface area (Å²) in [6, 6.07) is 0. The molecule has 0 unspecified atom stereocenters. The number of rotatable bonds is 24. The molecule has 33 heavy (non-hydrogen) atoms. The summed E-state index contributed by atoms with van der Waals surface area (Å²) in [5.41, 5.74) is 0. The largest absolute Gasteiger partial charge is 0.314 e. The molecule has 0 amide bonds. The number of hydrogen-bond donors (Lipinski definition) is 0. The van der Waals surface area contributed by atoms with Gasteiger partial charge in [0.05, 0.1) is 0 Å². The summed E-state index contributed by atoms with van der Waals surface area (Å²) in [5.74, 6) is 12.8. The van der Waals surface area contributed by atoms with Gasteiger partial charge in [0.25, 0.3) is 0 Å². The van der Waals surface area contributed by atoms with E-state index in [0.717, 1.165) is 12.8 Å². The molecular formula is C32H58B. The van der Waals surface area contributed by atoms with Crippen LogP contribution in [0, 0.1) is 23.5 Å². The molecule has 1 radical (unpaired) electrons. The standard InChI is InChI=1S/C32H58B/c1-3-5-7-9-11-13-15-17-19-21-23-25-27-29-31-33-32-30-28-26-24-22-20-18-16-14-12-10-8-6-4-2/h3-28H2,1-2H3. The average molecular weight is 454 g/mol. The first-order valence-corrected chi connectivity index (χ1v) is 15.2. The van der Waals surface area contributed by atoms with Crippen LogP contribution >= 0.6 is 0 Å². The second-order valence-corrected chi connectivity index (χ2v) is 10.1. The third kappa shape index (κ3) is 31.2. The highest BCUT2D eigenvalue weighted by Crippen LogP contribution is 2.13. The van der Waals surface area contributed by atoms with E-state index in [2.05, 4.69) is 37.3 Å². The summed E-state index contributed by atoms with van der Waals surface area (Å²) in [6.45, 7) is 4.58. The van der Waals surface area contributed by atoms with E-state index in [1.807, 2.05) is 7.28 Å². The monoisotopic (exact) mass is 453 g/mol. The summed E-state index contributed by atoms with van der Waals surface area (Å²) in [6.07, 6.45) is 35.8. The molecule has 0 aliphatic rings. The molecule has 0 fully saturated rings. The predicted octanol–water partition coefficient (Wildman–Crippen LogP) is 10.8. The van der Waals surface area contributed by atoms with Crippen LogP contribution in [0.25, 0.3) is 0 Å². The van der Waals surface area contributed by atoms with Crippen molar-refractivity contribution in [2.75, 3.05) is 0 Å². The molecule has 0 spiro atoms. The van der Waals surface area contributed by atoms with Crippen LogP contribution < -0.4 is 0 Å². The van der Waals surface area contributed by atoms with E-state index in [4.69, 9.17) is 0 Å². The Morgan fingerprint density at radius 1 is 0.333 bits per heavy atom. The molecule has 0 aromatic heterocycles. The number of hydrogen-bond acceptors (Lipinski definition) is 0. The fourth-order valence-corrected chi connectivity index (χ4v) is 4.39. The van der Waals surface area contributed by atoms with Crippen LogP contribution in [0.2, 0.25) is 0 Å². The van der Waals surface area contributed by atoms with Gasteiger partial charge < -0.3 is 0 Å². The van der Waals surface area contributed by atoms with Crippen LogP contribution in [0.3, 0.4) is 0 Å². The van der Waals surface area contributed by atoms with Crippen LogP contribution in [0.4, 0.5) is 0 Å². The van der Waals surface area contributed by atoms with E-state index in [0.29, 0.717) is 0 Å². The highest BCUT2D eigenvalue weighted by Gasteiger charge is 1.94. The fourth-order valence-electron chi connectivity index (χ4n) is 4.39. The zero-order valence-corrected chi connectivity index (χ0v) is 23.0. The van der Waals surface area contributed by atoms with E-state index < -0.39 is 0 Å². The molecule has 0 rings (SSSR count). The average Bonchev–Trinajstić information content (AvgIpc) is 2.83. The molecule has 0 atom stereocenters. The Hall–Kier alpha value is -0.815. The summed E-state index contributed by atoms with van der Waals surface area (Å²) in [5, 5.41) is 0. The minimum absolute atomic E-state index is 1.04. The predicted molar refractivity (Wildman–Crippen MR) is 153 cm³/mol. The molecule has 189 valence electrons. The van der Waals surface area contributed by atoms with Crippen LogP contribution in [-0.4, -0.2) is 7.28 Å². The van der Waals surface area contributed by atoms with Gasteiger partial charge in [0.2, 0.25) is 0 Å². The van der Waals surface area contributed by atoms with Gasteiger partial charge in [0, 0.05) is 12.8 Å². The third-order valence-electron chi connectivity index (χ3n) is 6.66. The Bertz CT molecular complexity index is 428. The Kier molecular flexibility index (Phi) is 30.4.